The molecule has 5 heteroatoms. The molecule has 3 aromatic rings. The van der Waals surface area contributed by atoms with Gasteiger partial charge in [-0.05, 0) is 62.7 Å². The smallest absolute Gasteiger partial charge is 0.247 e. The molecule has 0 N–H and O–H groups in total. The number of likely N-dealkylation sites (tertiary alicyclic amines) is 1. The van der Waals surface area contributed by atoms with Crippen molar-refractivity contribution in [1.82, 2.24) is 15.1 Å². The molecule has 0 amide bonds. The van der Waals surface area contributed by atoms with Crippen LogP contribution >= 0.6 is 0 Å². The van der Waals surface area contributed by atoms with Crippen molar-refractivity contribution in [2.45, 2.75) is 32.2 Å². The molecule has 1 fully saturated rings. The molecule has 26 heavy (non-hydrogen) atoms. The molecule has 2 heterocycles. The average Bonchev–Trinajstić information content (AvgIpc) is 3.14. The van der Waals surface area contributed by atoms with Gasteiger partial charge in [0.05, 0.1) is 0 Å². The molecule has 2 aromatic carbocycles. The van der Waals surface area contributed by atoms with Gasteiger partial charge in [0.25, 0.3) is 0 Å². The maximum atomic E-state index is 13.0. The number of aromatic nitrogens is 2. The van der Waals surface area contributed by atoms with E-state index in [0.29, 0.717) is 11.8 Å². The molecular formula is C21H22FN3O. The summed E-state index contributed by atoms with van der Waals surface area (Å²) in [7, 11) is 0. The highest BCUT2D eigenvalue weighted by molar-refractivity contribution is 5.53. The predicted molar refractivity (Wildman–Crippen MR) is 98.1 cm³/mol. The number of benzene rings is 2. The maximum absolute atomic E-state index is 13.0. The number of rotatable bonds is 4. The zero-order chi connectivity index (χ0) is 17.9. The lowest BCUT2D eigenvalue weighted by Crippen LogP contribution is -2.32. The molecule has 1 aliphatic rings. The van der Waals surface area contributed by atoms with Crippen molar-refractivity contribution in [3.05, 3.63) is 71.4 Å². The molecule has 1 aliphatic heterocycles. The van der Waals surface area contributed by atoms with Gasteiger partial charge < -0.3 is 4.42 Å². The maximum Gasteiger partial charge on any atom is 0.247 e. The third kappa shape index (κ3) is 3.83. The highest BCUT2D eigenvalue weighted by atomic mass is 19.1. The summed E-state index contributed by atoms with van der Waals surface area (Å²) < 4.78 is 19.0. The van der Waals surface area contributed by atoms with E-state index in [0.717, 1.165) is 49.5 Å². The number of nitrogens with zero attached hydrogens (tertiary/aromatic N) is 3. The van der Waals surface area contributed by atoms with Crippen molar-refractivity contribution in [3.8, 4) is 11.5 Å². The molecular weight excluding hydrogens is 329 g/mol. The van der Waals surface area contributed by atoms with E-state index in [2.05, 4.69) is 34.2 Å². The molecule has 0 aliphatic carbocycles. The van der Waals surface area contributed by atoms with Crippen molar-refractivity contribution in [2.24, 2.45) is 0 Å². The second-order valence-corrected chi connectivity index (χ2v) is 6.99. The number of hydrogen-bond donors (Lipinski definition) is 0. The van der Waals surface area contributed by atoms with Crippen LogP contribution in [0.25, 0.3) is 11.5 Å². The zero-order valence-electron chi connectivity index (χ0n) is 14.9. The number of hydrogen-bond acceptors (Lipinski definition) is 4. The van der Waals surface area contributed by atoms with E-state index in [1.165, 1.54) is 17.7 Å². The molecule has 0 spiro atoms. The summed E-state index contributed by atoms with van der Waals surface area (Å²) in [4.78, 5) is 2.39. The van der Waals surface area contributed by atoms with Crippen molar-refractivity contribution in [3.63, 3.8) is 0 Å². The zero-order valence-corrected chi connectivity index (χ0v) is 14.9. The monoisotopic (exact) mass is 351 g/mol. The van der Waals surface area contributed by atoms with Crippen molar-refractivity contribution in [2.75, 3.05) is 13.1 Å². The summed E-state index contributed by atoms with van der Waals surface area (Å²) in [6, 6.07) is 14.9. The predicted octanol–water partition coefficient (Wildman–Crippen LogP) is 4.56. The van der Waals surface area contributed by atoms with Crippen LogP contribution in [0, 0.1) is 12.7 Å². The fourth-order valence-corrected chi connectivity index (χ4v) is 3.48. The molecule has 0 unspecified atom stereocenters. The molecule has 1 aromatic heterocycles. The van der Waals surface area contributed by atoms with E-state index < -0.39 is 0 Å². The van der Waals surface area contributed by atoms with Gasteiger partial charge in [0.1, 0.15) is 5.82 Å². The van der Waals surface area contributed by atoms with Crippen LogP contribution in [0.5, 0.6) is 0 Å². The first-order valence-electron chi connectivity index (χ1n) is 9.04. The van der Waals surface area contributed by atoms with Gasteiger partial charge >= 0.3 is 0 Å². The largest absolute Gasteiger partial charge is 0.420 e. The van der Waals surface area contributed by atoms with Crippen LogP contribution in [0.2, 0.25) is 0 Å². The Kier molecular flexibility index (Phi) is 4.80. The molecule has 0 radical (unpaired) electrons. The lowest BCUT2D eigenvalue weighted by atomic mass is 9.96. The number of piperidine rings is 1. The average molecular weight is 351 g/mol. The summed E-state index contributed by atoms with van der Waals surface area (Å²) in [5.74, 6) is 1.46. The first-order valence-corrected chi connectivity index (χ1v) is 9.04. The first-order chi connectivity index (χ1) is 12.7. The van der Waals surface area contributed by atoms with Crippen LogP contribution < -0.4 is 0 Å². The van der Waals surface area contributed by atoms with E-state index in [9.17, 15) is 4.39 Å². The first kappa shape index (κ1) is 16.9. The molecule has 1 saturated heterocycles. The van der Waals surface area contributed by atoms with Crippen molar-refractivity contribution < 1.29 is 8.81 Å². The Labute approximate surface area is 152 Å². The standard InChI is InChI=1S/C21H22FN3O/c1-15-3-2-4-18(13-15)21-24-23-20(26-21)17-9-11-25(12-10-17)14-16-5-7-19(22)8-6-16/h2-8,13,17H,9-12,14H2,1H3. The third-order valence-corrected chi connectivity index (χ3v) is 4.96. The van der Waals surface area contributed by atoms with Gasteiger partial charge in [-0.15, -0.1) is 10.2 Å². The molecule has 0 saturated carbocycles. The highest BCUT2D eigenvalue weighted by Crippen LogP contribution is 2.30. The normalized spacial score (nSPS) is 16.1. The van der Waals surface area contributed by atoms with Gasteiger partial charge in [-0.25, -0.2) is 4.39 Å². The number of aryl methyl sites for hydroxylation is 1. The van der Waals surface area contributed by atoms with Gasteiger partial charge in [-0.1, -0.05) is 29.8 Å². The lowest BCUT2D eigenvalue weighted by Gasteiger charge is -2.30. The Hall–Kier alpha value is -2.53. The topological polar surface area (TPSA) is 42.2 Å². The minimum Gasteiger partial charge on any atom is -0.420 e. The van der Waals surface area contributed by atoms with E-state index >= 15 is 0 Å². The van der Waals surface area contributed by atoms with Crippen LogP contribution in [-0.4, -0.2) is 28.2 Å². The summed E-state index contributed by atoms with van der Waals surface area (Å²) in [6.07, 6.45) is 1.99. The third-order valence-electron chi connectivity index (χ3n) is 4.96. The van der Waals surface area contributed by atoms with Gasteiger partial charge in [-0.2, -0.15) is 0 Å². The van der Waals surface area contributed by atoms with Crippen LogP contribution in [0.3, 0.4) is 0 Å². The van der Waals surface area contributed by atoms with Crippen molar-refractivity contribution in [1.29, 1.82) is 0 Å². The molecule has 4 nitrogen and oxygen atoms in total. The minimum absolute atomic E-state index is 0.187. The Morgan fingerprint density at radius 3 is 2.58 bits per heavy atom. The summed E-state index contributed by atoms with van der Waals surface area (Å²) in [6.45, 7) is 4.86. The van der Waals surface area contributed by atoms with Gasteiger partial charge in [0.2, 0.25) is 11.8 Å². The van der Waals surface area contributed by atoms with Gasteiger partial charge in [0, 0.05) is 18.0 Å². The highest BCUT2D eigenvalue weighted by Gasteiger charge is 2.25. The Balaban J connectivity index is 1.37. The number of halogens is 1. The Bertz CT molecular complexity index is 867. The van der Waals surface area contributed by atoms with Crippen LogP contribution in [-0.2, 0) is 6.54 Å². The second kappa shape index (κ2) is 7.38. The summed E-state index contributed by atoms with van der Waals surface area (Å²) in [5, 5.41) is 8.52. The van der Waals surface area contributed by atoms with Gasteiger partial charge in [0.15, 0.2) is 0 Å². The minimum atomic E-state index is -0.187. The summed E-state index contributed by atoms with van der Waals surface area (Å²) >= 11 is 0. The van der Waals surface area contributed by atoms with E-state index in [-0.39, 0.29) is 5.82 Å². The van der Waals surface area contributed by atoms with E-state index in [4.69, 9.17) is 4.42 Å². The molecule has 4 rings (SSSR count). The molecule has 0 atom stereocenters. The van der Waals surface area contributed by atoms with Crippen LogP contribution in [0.1, 0.15) is 35.8 Å². The van der Waals surface area contributed by atoms with Crippen molar-refractivity contribution >= 4 is 0 Å². The van der Waals surface area contributed by atoms with Crippen LogP contribution in [0.4, 0.5) is 4.39 Å². The van der Waals surface area contributed by atoms with Crippen LogP contribution in [0.15, 0.2) is 52.9 Å². The van der Waals surface area contributed by atoms with E-state index in [1.54, 1.807) is 0 Å². The fourth-order valence-electron chi connectivity index (χ4n) is 3.48. The molecule has 0 bridgehead atoms. The fraction of sp³-hybridized carbons (Fsp3) is 0.333. The summed E-state index contributed by atoms with van der Waals surface area (Å²) in [5.41, 5.74) is 3.29. The molecule has 134 valence electrons. The quantitative estimate of drug-likeness (QED) is 0.691. The Morgan fingerprint density at radius 2 is 1.85 bits per heavy atom. The van der Waals surface area contributed by atoms with Gasteiger partial charge in [-0.3, -0.25) is 4.90 Å². The lowest BCUT2D eigenvalue weighted by molar-refractivity contribution is 0.193. The van der Waals surface area contributed by atoms with E-state index in [1.807, 2.05) is 24.3 Å². The second-order valence-electron chi connectivity index (χ2n) is 6.99. The Morgan fingerprint density at radius 1 is 1.08 bits per heavy atom. The SMILES string of the molecule is Cc1cccc(-c2nnc(C3CCN(Cc4ccc(F)cc4)CC3)o2)c1.